The summed E-state index contributed by atoms with van der Waals surface area (Å²) < 4.78 is 0. The summed E-state index contributed by atoms with van der Waals surface area (Å²) in [6.45, 7) is 0. The molecule has 0 aromatic heterocycles. The Morgan fingerprint density at radius 1 is 0.250 bits per heavy atom. The third-order valence-corrected chi connectivity index (χ3v) is 0. The Labute approximate surface area is 58.6 Å². The average Bonchev–Trinajstić information content (AvgIpc) is 0. The second kappa shape index (κ2) is 2510. The monoisotopic (exact) mass is 228 g/mol. The standard InChI is InChI=1S/7H2O.Ru/h7*1H2;. The van der Waals surface area contributed by atoms with E-state index in [0.717, 1.165) is 0 Å². The SMILES string of the molecule is O.O.O.O.O.O.O.[Ru]. The van der Waals surface area contributed by atoms with Crippen LogP contribution in [-0.4, -0.2) is 38.3 Å². The first-order chi connectivity index (χ1) is 0. The minimum Gasteiger partial charge on any atom is -0.412 e. The van der Waals surface area contributed by atoms with E-state index >= 15 is 0 Å². The fraction of sp³-hybridized carbons (Fsp3) is 0. The van der Waals surface area contributed by atoms with Crippen LogP contribution >= 0.6 is 0 Å². The van der Waals surface area contributed by atoms with Crippen LogP contribution in [0.15, 0.2) is 0 Å². The first-order valence-corrected chi connectivity index (χ1v) is 0. The van der Waals surface area contributed by atoms with Gasteiger partial charge in [0.15, 0.2) is 0 Å². The van der Waals surface area contributed by atoms with Gasteiger partial charge in [-0.15, -0.1) is 0 Å². The van der Waals surface area contributed by atoms with Gasteiger partial charge in [0.25, 0.3) is 0 Å². The molecule has 0 radical (unpaired) electrons. The van der Waals surface area contributed by atoms with Gasteiger partial charge in [-0.3, -0.25) is 0 Å². The van der Waals surface area contributed by atoms with Crippen molar-refractivity contribution in [3.8, 4) is 0 Å². The van der Waals surface area contributed by atoms with E-state index < -0.39 is 0 Å². The Morgan fingerprint density at radius 3 is 0.250 bits per heavy atom. The van der Waals surface area contributed by atoms with Crippen molar-refractivity contribution in [2.24, 2.45) is 0 Å². The smallest absolute Gasteiger partial charge is 0 e. The number of rotatable bonds is 0. The first-order valence-electron chi connectivity index (χ1n) is 0. The topological polar surface area (TPSA) is 220 Å². The summed E-state index contributed by atoms with van der Waals surface area (Å²) in [5.74, 6) is 0. The predicted octanol–water partition coefficient (Wildman–Crippen LogP) is -5.78. The summed E-state index contributed by atoms with van der Waals surface area (Å²) in [6.07, 6.45) is 0. The Bertz CT molecular complexity index is 4.35. The van der Waals surface area contributed by atoms with Crippen LogP contribution in [0.2, 0.25) is 0 Å². The van der Waals surface area contributed by atoms with Crippen LogP contribution < -0.4 is 0 Å². The minimum atomic E-state index is 0. The maximum atomic E-state index is 0. The van der Waals surface area contributed by atoms with Crippen LogP contribution in [0.5, 0.6) is 0 Å². The molecule has 0 unspecified atom stereocenters. The normalized spacial score (nSPS) is 0. The summed E-state index contributed by atoms with van der Waals surface area (Å²) in [5.41, 5.74) is 0. The molecule has 0 saturated carbocycles. The van der Waals surface area contributed by atoms with Crippen molar-refractivity contribution in [3.05, 3.63) is 0 Å². The molecule has 0 atom stereocenters. The molecule has 8 heteroatoms. The van der Waals surface area contributed by atoms with Gasteiger partial charge in [-0.1, -0.05) is 0 Å². The van der Waals surface area contributed by atoms with Gasteiger partial charge in [-0.25, -0.2) is 0 Å². The van der Waals surface area contributed by atoms with E-state index in [1.54, 1.807) is 0 Å². The van der Waals surface area contributed by atoms with Gasteiger partial charge >= 0.3 is 0 Å². The Kier molecular flexibility index (Phi) is 1200000. The van der Waals surface area contributed by atoms with Crippen LogP contribution in [0.4, 0.5) is 0 Å². The molecular formula is H14O7Ru. The zero-order valence-electron chi connectivity index (χ0n) is 3.85. The van der Waals surface area contributed by atoms with Crippen LogP contribution in [-0.2, 0) is 19.5 Å². The van der Waals surface area contributed by atoms with Crippen molar-refractivity contribution in [2.45, 2.75) is 0 Å². The summed E-state index contributed by atoms with van der Waals surface area (Å²) in [6, 6.07) is 0. The second-order valence-electron chi connectivity index (χ2n) is 0. The van der Waals surface area contributed by atoms with E-state index in [-0.39, 0.29) is 57.8 Å². The molecule has 0 aliphatic rings. The summed E-state index contributed by atoms with van der Waals surface area (Å²) in [5, 5.41) is 0. The molecular weight excluding hydrogens is 213 g/mol. The van der Waals surface area contributed by atoms with Gasteiger partial charge in [-0.2, -0.15) is 0 Å². The van der Waals surface area contributed by atoms with E-state index in [2.05, 4.69) is 0 Å². The Morgan fingerprint density at radius 2 is 0.250 bits per heavy atom. The molecule has 0 aliphatic heterocycles. The zero-order valence-corrected chi connectivity index (χ0v) is 5.59. The maximum Gasteiger partial charge on any atom is 0 e. The van der Waals surface area contributed by atoms with Gasteiger partial charge in [0.1, 0.15) is 0 Å². The predicted molar refractivity (Wildman–Crippen MR) is 25.3 cm³/mol. The van der Waals surface area contributed by atoms with Crippen molar-refractivity contribution < 1.29 is 57.8 Å². The summed E-state index contributed by atoms with van der Waals surface area (Å²) in [7, 11) is 0. The molecule has 14 N–H and O–H groups in total. The van der Waals surface area contributed by atoms with Gasteiger partial charge in [0.05, 0.1) is 0 Å². The Balaban J connectivity index is 0. The quantitative estimate of drug-likeness (QED) is 0.352. The molecule has 0 aromatic rings. The fourth-order valence-electron chi connectivity index (χ4n) is 0. The Hall–Kier alpha value is 0.343. The molecule has 0 fully saturated rings. The molecule has 0 aliphatic carbocycles. The molecule has 0 saturated heterocycles. The fourth-order valence-corrected chi connectivity index (χ4v) is 0. The molecule has 0 rings (SSSR count). The summed E-state index contributed by atoms with van der Waals surface area (Å²) >= 11 is 0. The van der Waals surface area contributed by atoms with E-state index in [0.29, 0.717) is 0 Å². The summed E-state index contributed by atoms with van der Waals surface area (Å²) in [4.78, 5) is 0. The molecule has 0 heterocycles. The van der Waals surface area contributed by atoms with Crippen molar-refractivity contribution in [3.63, 3.8) is 0 Å². The second-order valence-corrected chi connectivity index (χ2v) is 0. The van der Waals surface area contributed by atoms with Crippen LogP contribution in [0, 0.1) is 0 Å². The van der Waals surface area contributed by atoms with Crippen molar-refractivity contribution >= 4 is 0 Å². The molecule has 7 nitrogen and oxygen atoms in total. The van der Waals surface area contributed by atoms with E-state index in [4.69, 9.17) is 0 Å². The number of hydrogen-bond donors (Lipinski definition) is 0. The minimum absolute atomic E-state index is 0. The maximum absolute atomic E-state index is 0. The van der Waals surface area contributed by atoms with Gasteiger partial charge in [-0.05, 0) is 0 Å². The molecule has 0 spiro atoms. The van der Waals surface area contributed by atoms with Gasteiger partial charge in [0.2, 0.25) is 0 Å². The van der Waals surface area contributed by atoms with E-state index in [1.807, 2.05) is 0 Å². The molecule has 0 bridgehead atoms. The van der Waals surface area contributed by atoms with Crippen molar-refractivity contribution in [1.29, 1.82) is 0 Å². The first kappa shape index (κ1) is 3820. The number of hydrogen-bond acceptors (Lipinski definition) is 0. The average molecular weight is 227 g/mol. The largest absolute Gasteiger partial charge is 0.412 e. The van der Waals surface area contributed by atoms with E-state index in [1.165, 1.54) is 0 Å². The molecule has 0 amide bonds. The van der Waals surface area contributed by atoms with Crippen LogP contribution in [0.25, 0.3) is 0 Å². The van der Waals surface area contributed by atoms with E-state index in [9.17, 15) is 0 Å². The van der Waals surface area contributed by atoms with Gasteiger partial charge < -0.3 is 38.3 Å². The zero-order chi connectivity index (χ0) is 0. The van der Waals surface area contributed by atoms with Crippen molar-refractivity contribution in [2.75, 3.05) is 0 Å². The molecule has 0 aromatic carbocycles. The van der Waals surface area contributed by atoms with Crippen LogP contribution in [0.3, 0.4) is 0 Å². The molecule has 64 valence electrons. The third-order valence-electron chi connectivity index (χ3n) is 0. The third kappa shape index (κ3) is 1540. The molecule has 8 heavy (non-hydrogen) atoms. The van der Waals surface area contributed by atoms with Crippen LogP contribution in [0.1, 0.15) is 0 Å². The van der Waals surface area contributed by atoms with Crippen molar-refractivity contribution in [1.82, 2.24) is 0 Å². The van der Waals surface area contributed by atoms with Gasteiger partial charge in [0, 0.05) is 19.5 Å².